The van der Waals surface area contributed by atoms with Crippen molar-refractivity contribution in [3.63, 3.8) is 0 Å². The summed E-state index contributed by atoms with van der Waals surface area (Å²) in [7, 11) is 0. The summed E-state index contributed by atoms with van der Waals surface area (Å²) in [5.74, 6) is 0.0581. The molecule has 0 saturated heterocycles. The van der Waals surface area contributed by atoms with Gasteiger partial charge in [-0.25, -0.2) is 0 Å². The smallest absolute Gasteiger partial charge is 0.166 e. The molecule has 1 heterocycles. The van der Waals surface area contributed by atoms with Crippen molar-refractivity contribution in [2.24, 2.45) is 0 Å². The Morgan fingerprint density at radius 2 is 1.84 bits per heavy atom. The minimum atomic E-state index is -0.475. The average molecular weight is 453 g/mol. The van der Waals surface area contributed by atoms with Gasteiger partial charge in [-0.05, 0) is 36.5 Å². The maximum Gasteiger partial charge on any atom is 0.166 e. The summed E-state index contributed by atoms with van der Waals surface area (Å²) in [5.41, 5.74) is 0.258. The van der Waals surface area contributed by atoms with Gasteiger partial charge in [0.25, 0.3) is 0 Å². The zero-order valence-corrected chi connectivity index (χ0v) is 12.8. The Labute approximate surface area is 128 Å². The molecule has 0 unspecified atom stereocenters. The van der Waals surface area contributed by atoms with E-state index in [-0.39, 0.29) is 25.8 Å². The molecule has 7 heteroatoms. The summed E-state index contributed by atoms with van der Waals surface area (Å²) < 4.78 is 8.29. The van der Waals surface area contributed by atoms with Crippen LogP contribution in [0, 0.1) is 0 Å². The molecule has 0 N–H and O–H groups in total. The first kappa shape index (κ1) is 15.7. The molecule has 0 aliphatic carbocycles. The predicted molar refractivity (Wildman–Crippen MR) is 67.7 cm³/mol. The van der Waals surface area contributed by atoms with Crippen molar-refractivity contribution in [3.8, 4) is 5.75 Å². The number of carbonyl (C=O) groups excluding carboxylic acids is 1. The molecule has 1 radical (unpaired) electrons. The third-order valence-corrected chi connectivity index (χ3v) is 2.28. The van der Waals surface area contributed by atoms with Gasteiger partial charge in [-0.3, -0.25) is 4.98 Å². The number of amides is 1. The number of carbonyl (C=O) groups is 1. The molecular formula is C12H9IrN2O3S-. The molecule has 1 aromatic carbocycles. The summed E-state index contributed by atoms with van der Waals surface area (Å²) in [5, 5.41) is 0. The van der Waals surface area contributed by atoms with Crippen LogP contribution >= 0.6 is 12.2 Å². The molecule has 19 heavy (non-hydrogen) atoms. The third kappa shape index (κ3) is 5.40. The summed E-state index contributed by atoms with van der Waals surface area (Å²) in [4.78, 5) is 20.2. The van der Waals surface area contributed by atoms with Gasteiger partial charge in [-0.2, -0.15) is 0 Å². The van der Waals surface area contributed by atoms with Crippen LogP contribution in [0.15, 0.2) is 54.7 Å². The third-order valence-electron chi connectivity index (χ3n) is 1.91. The van der Waals surface area contributed by atoms with E-state index in [4.69, 9.17) is 9.22 Å². The average Bonchev–Trinajstić information content (AvgIpc) is 2.45. The van der Waals surface area contributed by atoms with Crippen LogP contribution in [0.3, 0.4) is 0 Å². The van der Waals surface area contributed by atoms with Crippen molar-refractivity contribution in [3.05, 3.63) is 65.1 Å². The van der Waals surface area contributed by atoms with Gasteiger partial charge in [0.05, 0.1) is 5.69 Å². The molecule has 5 nitrogen and oxygen atoms in total. The fourth-order valence-electron chi connectivity index (χ4n) is 1.12. The minimum Gasteiger partial charge on any atom is -0.567 e. The number of benzene rings is 1. The van der Waals surface area contributed by atoms with E-state index in [0.717, 1.165) is 0 Å². The zero-order chi connectivity index (χ0) is 12.6. The van der Waals surface area contributed by atoms with E-state index in [2.05, 4.69) is 9.71 Å². The van der Waals surface area contributed by atoms with E-state index in [9.17, 15) is 4.79 Å². The van der Waals surface area contributed by atoms with Crippen molar-refractivity contribution in [2.75, 3.05) is 0 Å². The Kier molecular flexibility index (Phi) is 7.13. The number of hydrogen-bond donors (Lipinski definition) is 0. The second kappa shape index (κ2) is 8.66. The van der Waals surface area contributed by atoms with E-state index in [0.29, 0.717) is 18.0 Å². The second-order valence-electron chi connectivity index (χ2n) is 3.15. The number of hydrogen-bond acceptors (Lipinski definition) is 5. The van der Waals surface area contributed by atoms with Crippen LogP contribution < -0.4 is 4.89 Å². The molecule has 101 valence electrons. The van der Waals surface area contributed by atoms with Crippen LogP contribution in [0.1, 0.15) is 10.5 Å². The number of nitrogens with zero attached hydrogens (tertiary/aromatic N) is 2. The quantitative estimate of drug-likeness (QED) is 0.229. The SMILES string of the molecule is O=C([N-]SOOc1ccccc1)c1ccccn1.[Ir]. The first-order valence-corrected chi connectivity index (χ1v) is 5.78. The monoisotopic (exact) mass is 454 g/mol. The molecule has 2 rings (SSSR count). The normalized spacial score (nSPS) is 9.26. The Bertz CT molecular complexity index is 499. The minimum absolute atomic E-state index is 0. The van der Waals surface area contributed by atoms with E-state index >= 15 is 0 Å². The van der Waals surface area contributed by atoms with Gasteiger partial charge in [-0.1, -0.05) is 24.3 Å². The van der Waals surface area contributed by atoms with Gasteiger partial charge in [0, 0.05) is 26.3 Å². The van der Waals surface area contributed by atoms with Crippen molar-refractivity contribution >= 4 is 18.1 Å². The maximum absolute atomic E-state index is 11.5. The van der Waals surface area contributed by atoms with E-state index in [1.54, 1.807) is 42.5 Å². The van der Waals surface area contributed by atoms with Gasteiger partial charge >= 0.3 is 0 Å². The molecule has 1 amide bonds. The second-order valence-corrected chi connectivity index (χ2v) is 3.62. The first-order valence-electron chi connectivity index (χ1n) is 5.08. The number of rotatable bonds is 5. The Balaban J connectivity index is 0.00000180. The van der Waals surface area contributed by atoms with Gasteiger partial charge in [0.15, 0.2) is 5.75 Å². The number of aromatic nitrogens is 1. The summed E-state index contributed by atoms with van der Waals surface area (Å²) in [6.07, 6.45) is 1.52. The van der Waals surface area contributed by atoms with Gasteiger partial charge in [-0.15, -0.1) is 4.33 Å². The zero-order valence-electron chi connectivity index (χ0n) is 9.56. The standard InChI is InChI=1S/C12H10N2O3S.Ir/c15-12(11-8-4-5-9-13-11)14-18-17-16-10-6-2-1-3-7-10;/h1-9H,(H,14,15);/p-1. The Hall–Kier alpha value is -1.40. The topological polar surface area (TPSA) is 62.5 Å². The van der Waals surface area contributed by atoms with Crippen molar-refractivity contribution < 1.29 is 34.1 Å². The van der Waals surface area contributed by atoms with E-state index < -0.39 is 5.91 Å². The fourth-order valence-corrected chi connectivity index (χ4v) is 1.42. The molecule has 0 bridgehead atoms. The largest absolute Gasteiger partial charge is 0.567 e. The van der Waals surface area contributed by atoms with Crippen LogP contribution in [0.25, 0.3) is 4.72 Å². The summed E-state index contributed by atoms with van der Waals surface area (Å²) in [6, 6.07) is 13.9. The number of para-hydroxylation sites is 1. The molecule has 0 atom stereocenters. The summed E-state index contributed by atoms with van der Waals surface area (Å²) >= 11 is 0.564. The fraction of sp³-hybridized carbons (Fsp3) is 0. The van der Waals surface area contributed by atoms with Crippen LogP contribution in [0.2, 0.25) is 0 Å². The van der Waals surface area contributed by atoms with Crippen molar-refractivity contribution in [1.29, 1.82) is 0 Å². The van der Waals surface area contributed by atoms with Crippen LogP contribution in [-0.2, 0) is 24.4 Å². The molecule has 0 fully saturated rings. The molecule has 0 aliphatic rings. The predicted octanol–water partition coefficient (Wildman–Crippen LogP) is 3.17. The van der Waals surface area contributed by atoms with Crippen LogP contribution in [-0.4, -0.2) is 10.9 Å². The summed E-state index contributed by atoms with van der Waals surface area (Å²) in [6.45, 7) is 0. The van der Waals surface area contributed by atoms with E-state index in [1.165, 1.54) is 6.20 Å². The molecular weight excluding hydrogens is 444 g/mol. The van der Waals surface area contributed by atoms with Crippen LogP contribution in [0.4, 0.5) is 0 Å². The Morgan fingerprint density at radius 1 is 1.11 bits per heavy atom. The van der Waals surface area contributed by atoms with E-state index in [1.807, 2.05) is 6.07 Å². The van der Waals surface area contributed by atoms with Crippen molar-refractivity contribution in [1.82, 2.24) is 4.98 Å². The molecule has 0 aliphatic heterocycles. The molecule has 1 aromatic heterocycles. The van der Waals surface area contributed by atoms with Gasteiger partial charge < -0.3 is 14.4 Å². The van der Waals surface area contributed by atoms with Gasteiger partial charge in [0.2, 0.25) is 0 Å². The number of pyridine rings is 1. The molecule has 2 aromatic rings. The van der Waals surface area contributed by atoms with Gasteiger partial charge in [0.1, 0.15) is 5.91 Å². The molecule has 0 spiro atoms. The Morgan fingerprint density at radius 3 is 2.53 bits per heavy atom. The maximum atomic E-state index is 11.5. The van der Waals surface area contributed by atoms with Crippen molar-refractivity contribution in [2.45, 2.75) is 0 Å². The molecule has 0 saturated carbocycles. The first-order chi connectivity index (χ1) is 8.86. The van der Waals surface area contributed by atoms with Crippen LogP contribution in [0.5, 0.6) is 5.75 Å².